The van der Waals surface area contributed by atoms with Crippen LogP contribution in [0.3, 0.4) is 0 Å². The SMILES string of the molecule is Cc1cc(I)ccc1NC(=O)CN1CCNCC1C(N)=O. The molecule has 0 spiro atoms. The van der Waals surface area contributed by atoms with Crippen LogP contribution in [0.25, 0.3) is 0 Å². The molecule has 114 valence electrons. The summed E-state index contributed by atoms with van der Waals surface area (Å²) in [6, 6.07) is 5.41. The lowest BCUT2D eigenvalue weighted by molar-refractivity contribution is -0.125. The molecule has 2 amide bonds. The second-order valence-electron chi connectivity index (χ2n) is 5.10. The Kier molecular flexibility index (Phi) is 5.54. The number of anilines is 1. The first-order valence-electron chi connectivity index (χ1n) is 6.77. The molecule has 1 aromatic rings. The first-order chi connectivity index (χ1) is 9.97. The van der Waals surface area contributed by atoms with Gasteiger partial charge in [0.2, 0.25) is 11.8 Å². The fourth-order valence-electron chi connectivity index (χ4n) is 2.36. The van der Waals surface area contributed by atoms with E-state index in [0.717, 1.165) is 21.4 Å². The minimum Gasteiger partial charge on any atom is -0.368 e. The summed E-state index contributed by atoms with van der Waals surface area (Å²) in [7, 11) is 0. The molecule has 7 heteroatoms. The van der Waals surface area contributed by atoms with Crippen LogP contribution in [-0.2, 0) is 9.59 Å². The summed E-state index contributed by atoms with van der Waals surface area (Å²) in [5.74, 6) is -0.534. The van der Waals surface area contributed by atoms with Crippen LogP contribution < -0.4 is 16.4 Å². The van der Waals surface area contributed by atoms with Crippen molar-refractivity contribution < 1.29 is 9.59 Å². The van der Waals surface area contributed by atoms with Gasteiger partial charge in [0.1, 0.15) is 6.04 Å². The molecule has 1 fully saturated rings. The van der Waals surface area contributed by atoms with Crippen molar-refractivity contribution in [1.29, 1.82) is 0 Å². The van der Waals surface area contributed by atoms with Gasteiger partial charge in [-0.05, 0) is 53.3 Å². The zero-order valence-electron chi connectivity index (χ0n) is 11.9. The van der Waals surface area contributed by atoms with Crippen LogP contribution in [0.2, 0.25) is 0 Å². The normalized spacial score (nSPS) is 19.2. The molecule has 1 aliphatic heterocycles. The number of amides is 2. The van der Waals surface area contributed by atoms with Crippen LogP contribution in [-0.4, -0.2) is 48.9 Å². The molecule has 1 heterocycles. The lowest BCUT2D eigenvalue weighted by Crippen LogP contribution is -2.58. The number of benzene rings is 1. The minimum atomic E-state index is -0.428. The molecule has 1 unspecified atom stereocenters. The topological polar surface area (TPSA) is 87.5 Å². The molecule has 0 bridgehead atoms. The number of rotatable bonds is 4. The summed E-state index contributed by atoms with van der Waals surface area (Å²) < 4.78 is 1.12. The van der Waals surface area contributed by atoms with E-state index >= 15 is 0 Å². The Hall–Kier alpha value is -1.19. The number of aryl methyl sites for hydroxylation is 1. The van der Waals surface area contributed by atoms with Gasteiger partial charge in [0.05, 0.1) is 6.54 Å². The van der Waals surface area contributed by atoms with Crippen LogP contribution >= 0.6 is 22.6 Å². The maximum Gasteiger partial charge on any atom is 0.238 e. The van der Waals surface area contributed by atoms with E-state index in [1.54, 1.807) is 0 Å². The first kappa shape index (κ1) is 16.2. The Morgan fingerprint density at radius 2 is 2.29 bits per heavy atom. The predicted octanol–water partition coefficient (Wildman–Crippen LogP) is 0.297. The minimum absolute atomic E-state index is 0.132. The molecular formula is C14H19IN4O2. The number of hydrogen-bond donors (Lipinski definition) is 3. The van der Waals surface area contributed by atoms with E-state index in [1.165, 1.54) is 0 Å². The number of primary amides is 1. The number of piperazine rings is 1. The molecule has 0 saturated carbocycles. The average molecular weight is 402 g/mol. The molecule has 2 rings (SSSR count). The molecule has 21 heavy (non-hydrogen) atoms. The zero-order chi connectivity index (χ0) is 15.4. The highest BCUT2D eigenvalue weighted by Crippen LogP contribution is 2.17. The van der Waals surface area contributed by atoms with Gasteiger partial charge in [0, 0.05) is 28.9 Å². The molecular weight excluding hydrogens is 383 g/mol. The third kappa shape index (κ3) is 4.39. The van der Waals surface area contributed by atoms with Crippen molar-refractivity contribution in [3.63, 3.8) is 0 Å². The molecule has 1 atom stereocenters. The smallest absolute Gasteiger partial charge is 0.238 e. The van der Waals surface area contributed by atoms with Gasteiger partial charge in [0.25, 0.3) is 0 Å². The summed E-state index contributed by atoms with van der Waals surface area (Å²) in [6.07, 6.45) is 0. The molecule has 0 radical (unpaired) electrons. The highest BCUT2D eigenvalue weighted by atomic mass is 127. The van der Waals surface area contributed by atoms with E-state index < -0.39 is 11.9 Å². The van der Waals surface area contributed by atoms with Gasteiger partial charge in [-0.25, -0.2) is 0 Å². The summed E-state index contributed by atoms with van der Waals surface area (Å²) in [5, 5.41) is 6.00. The Morgan fingerprint density at radius 3 is 2.95 bits per heavy atom. The van der Waals surface area contributed by atoms with Crippen molar-refractivity contribution in [2.75, 3.05) is 31.5 Å². The van der Waals surface area contributed by atoms with Gasteiger partial charge in [-0.1, -0.05) is 0 Å². The van der Waals surface area contributed by atoms with Gasteiger partial charge in [-0.3, -0.25) is 14.5 Å². The third-order valence-corrected chi connectivity index (χ3v) is 4.16. The largest absolute Gasteiger partial charge is 0.368 e. The first-order valence-corrected chi connectivity index (χ1v) is 7.85. The number of nitrogens with zero attached hydrogens (tertiary/aromatic N) is 1. The Morgan fingerprint density at radius 1 is 1.52 bits per heavy atom. The van der Waals surface area contributed by atoms with Crippen molar-refractivity contribution in [2.24, 2.45) is 5.73 Å². The van der Waals surface area contributed by atoms with Gasteiger partial charge in [-0.15, -0.1) is 0 Å². The van der Waals surface area contributed by atoms with E-state index in [0.29, 0.717) is 13.1 Å². The van der Waals surface area contributed by atoms with Gasteiger partial charge in [0.15, 0.2) is 0 Å². The third-order valence-electron chi connectivity index (χ3n) is 3.49. The number of nitrogens with one attached hydrogen (secondary N) is 2. The highest BCUT2D eigenvalue weighted by molar-refractivity contribution is 14.1. The maximum atomic E-state index is 12.2. The second-order valence-corrected chi connectivity index (χ2v) is 6.35. The van der Waals surface area contributed by atoms with Gasteiger partial charge < -0.3 is 16.4 Å². The van der Waals surface area contributed by atoms with Crippen molar-refractivity contribution >= 4 is 40.1 Å². The van der Waals surface area contributed by atoms with Crippen LogP contribution in [0.5, 0.6) is 0 Å². The second kappa shape index (κ2) is 7.19. The Labute approximate surface area is 137 Å². The van der Waals surface area contributed by atoms with E-state index in [4.69, 9.17) is 5.73 Å². The van der Waals surface area contributed by atoms with E-state index in [-0.39, 0.29) is 12.5 Å². The summed E-state index contributed by atoms with van der Waals surface area (Å²) in [4.78, 5) is 25.4. The number of nitrogens with two attached hydrogens (primary N) is 1. The summed E-state index contributed by atoms with van der Waals surface area (Å²) in [5.41, 5.74) is 7.19. The lowest BCUT2D eigenvalue weighted by Gasteiger charge is -2.33. The molecule has 0 aromatic heterocycles. The lowest BCUT2D eigenvalue weighted by atomic mass is 10.1. The van der Waals surface area contributed by atoms with E-state index in [1.807, 2.05) is 30.0 Å². The predicted molar refractivity (Wildman–Crippen MR) is 90.0 cm³/mol. The highest BCUT2D eigenvalue weighted by Gasteiger charge is 2.28. The molecule has 0 aliphatic carbocycles. The van der Waals surface area contributed by atoms with E-state index in [9.17, 15) is 9.59 Å². The molecule has 1 saturated heterocycles. The Bertz CT molecular complexity index is 550. The summed E-state index contributed by atoms with van der Waals surface area (Å²) >= 11 is 2.23. The number of carbonyl (C=O) groups excluding carboxylic acids is 2. The fraction of sp³-hybridized carbons (Fsp3) is 0.429. The molecule has 1 aromatic carbocycles. The number of hydrogen-bond acceptors (Lipinski definition) is 4. The van der Waals surface area contributed by atoms with Gasteiger partial charge >= 0.3 is 0 Å². The van der Waals surface area contributed by atoms with Gasteiger partial charge in [-0.2, -0.15) is 0 Å². The van der Waals surface area contributed by atoms with Crippen molar-refractivity contribution in [3.8, 4) is 0 Å². The monoisotopic (exact) mass is 402 g/mol. The van der Waals surface area contributed by atoms with Crippen molar-refractivity contribution in [3.05, 3.63) is 27.3 Å². The van der Waals surface area contributed by atoms with Crippen LogP contribution in [0.15, 0.2) is 18.2 Å². The number of halogens is 1. The van der Waals surface area contributed by atoms with Crippen molar-refractivity contribution in [2.45, 2.75) is 13.0 Å². The van der Waals surface area contributed by atoms with E-state index in [2.05, 4.69) is 33.2 Å². The Balaban J connectivity index is 1.98. The zero-order valence-corrected chi connectivity index (χ0v) is 14.0. The standard InChI is InChI=1S/C14H19IN4O2/c1-9-6-10(15)2-3-11(9)18-13(20)8-19-5-4-17-7-12(19)14(16)21/h2-3,6,12,17H,4-5,7-8H2,1H3,(H2,16,21)(H,18,20). The van der Waals surface area contributed by atoms with Crippen LogP contribution in [0, 0.1) is 10.5 Å². The molecule has 4 N–H and O–H groups in total. The molecule has 6 nitrogen and oxygen atoms in total. The maximum absolute atomic E-state index is 12.2. The number of carbonyl (C=O) groups is 2. The quantitative estimate of drug-likeness (QED) is 0.633. The molecule has 1 aliphatic rings. The van der Waals surface area contributed by atoms with Crippen LogP contribution in [0.1, 0.15) is 5.56 Å². The fourth-order valence-corrected chi connectivity index (χ4v) is 3.00. The van der Waals surface area contributed by atoms with Crippen LogP contribution in [0.4, 0.5) is 5.69 Å². The summed E-state index contributed by atoms with van der Waals surface area (Å²) in [6.45, 7) is 3.99. The van der Waals surface area contributed by atoms with Crippen molar-refractivity contribution in [1.82, 2.24) is 10.2 Å². The average Bonchev–Trinajstić information content (AvgIpc) is 2.42.